The fourth-order valence-corrected chi connectivity index (χ4v) is 2.22. The number of nitrogens with zero attached hydrogens (tertiary/aromatic N) is 1. The Kier molecular flexibility index (Phi) is 3.92. The number of hydrogen-bond donors (Lipinski definition) is 2. The third-order valence-corrected chi connectivity index (χ3v) is 4.35. The van der Waals surface area contributed by atoms with Gasteiger partial charge in [0.1, 0.15) is 0 Å². The molecule has 16 heavy (non-hydrogen) atoms. The Hall–Kier alpha value is -0.660. The number of nitrogens with one attached hydrogen (secondary N) is 1. The average Bonchev–Trinajstić information content (AvgIpc) is 2.91. The van der Waals surface area contributed by atoms with Crippen molar-refractivity contribution in [3.05, 3.63) is 0 Å². The van der Waals surface area contributed by atoms with Gasteiger partial charge in [-0.2, -0.15) is 12.7 Å². The van der Waals surface area contributed by atoms with Crippen LogP contribution in [-0.4, -0.2) is 43.9 Å². The Labute approximate surface area is 95.8 Å². The van der Waals surface area contributed by atoms with E-state index in [-0.39, 0.29) is 18.4 Å². The summed E-state index contributed by atoms with van der Waals surface area (Å²) in [6, 6.07) is 0. The Morgan fingerprint density at radius 1 is 1.50 bits per heavy atom. The fraction of sp³-hybridized carbons (Fsp3) is 0.889. The van der Waals surface area contributed by atoms with Crippen molar-refractivity contribution in [3.63, 3.8) is 0 Å². The van der Waals surface area contributed by atoms with Gasteiger partial charge >= 0.3 is 5.97 Å². The maximum absolute atomic E-state index is 11.6. The molecule has 1 rings (SSSR count). The van der Waals surface area contributed by atoms with Crippen molar-refractivity contribution in [2.45, 2.75) is 26.2 Å². The number of rotatable bonds is 7. The minimum atomic E-state index is -3.53. The summed E-state index contributed by atoms with van der Waals surface area (Å²) in [7, 11) is -2.15. The van der Waals surface area contributed by atoms with Gasteiger partial charge in [-0.3, -0.25) is 4.79 Å². The smallest absolute Gasteiger partial charge is 0.304 e. The second-order valence-electron chi connectivity index (χ2n) is 4.60. The van der Waals surface area contributed by atoms with E-state index in [4.69, 9.17) is 5.11 Å². The molecule has 0 saturated heterocycles. The zero-order valence-electron chi connectivity index (χ0n) is 9.56. The quantitative estimate of drug-likeness (QED) is 0.667. The molecule has 1 aliphatic carbocycles. The number of aliphatic carboxylic acids is 1. The van der Waals surface area contributed by atoms with Crippen molar-refractivity contribution in [1.82, 2.24) is 9.03 Å². The number of carboxylic acid groups (broad SMARTS) is 1. The normalized spacial score (nSPS) is 18.7. The lowest BCUT2D eigenvalue weighted by Gasteiger charge is -2.18. The lowest BCUT2D eigenvalue weighted by atomic mass is 10.2. The van der Waals surface area contributed by atoms with E-state index < -0.39 is 16.2 Å². The molecule has 2 N–H and O–H groups in total. The second kappa shape index (κ2) is 4.68. The molecule has 1 fully saturated rings. The molecule has 0 bridgehead atoms. The molecule has 0 aromatic rings. The van der Waals surface area contributed by atoms with E-state index in [2.05, 4.69) is 4.72 Å². The molecule has 0 aromatic carbocycles. The predicted molar refractivity (Wildman–Crippen MR) is 59.1 cm³/mol. The molecular weight excluding hydrogens is 232 g/mol. The van der Waals surface area contributed by atoms with Crippen molar-refractivity contribution in [3.8, 4) is 0 Å². The molecule has 0 unspecified atom stereocenters. The van der Waals surface area contributed by atoms with Crippen LogP contribution in [0.25, 0.3) is 0 Å². The van der Waals surface area contributed by atoms with Gasteiger partial charge in [-0.1, -0.05) is 6.92 Å². The Morgan fingerprint density at radius 2 is 2.06 bits per heavy atom. The monoisotopic (exact) mass is 250 g/mol. The lowest BCUT2D eigenvalue weighted by Crippen LogP contribution is -2.41. The summed E-state index contributed by atoms with van der Waals surface area (Å²) in [6.45, 7) is 2.43. The molecule has 0 aromatic heterocycles. The van der Waals surface area contributed by atoms with Crippen LogP contribution in [0.2, 0.25) is 0 Å². The minimum absolute atomic E-state index is 0.0125. The highest BCUT2D eigenvalue weighted by molar-refractivity contribution is 7.87. The highest BCUT2D eigenvalue weighted by atomic mass is 32.2. The molecule has 0 amide bonds. The fourth-order valence-electron chi connectivity index (χ4n) is 1.14. The van der Waals surface area contributed by atoms with Crippen LogP contribution in [0.4, 0.5) is 0 Å². The van der Waals surface area contributed by atoms with Crippen LogP contribution in [0, 0.1) is 5.41 Å². The number of hydrogen-bond acceptors (Lipinski definition) is 3. The topological polar surface area (TPSA) is 86.7 Å². The lowest BCUT2D eigenvalue weighted by molar-refractivity contribution is -0.137. The zero-order chi connectivity index (χ0) is 12.4. The van der Waals surface area contributed by atoms with Crippen LogP contribution in [0.15, 0.2) is 0 Å². The molecule has 6 nitrogen and oxygen atoms in total. The molecular formula is C9H18N2O4S. The summed E-state index contributed by atoms with van der Waals surface area (Å²) in [5, 5.41) is 8.46. The summed E-state index contributed by atoms with van der Waals surface area (Å²) in [4.78, 5) is 10.3. The van der Waals surface area contributed by atoms with Gasteiger partial charge in [0.2, 0.25) is 0 Å². The van der Waals surface area contributed by atoms with E-state index >= 15 is 0 Å². The third kappa shape index (κ3) is 4.07. The maximum atomic E-state index is 11.6. The van der Waals surface area contributed by atoms with E-state index in [1.807, 2.05) is 6.92 Å². The van der Waals surface area contributed by atoms with E-state index in [0.717, 1.165) is 17.1 Å². The molecule has 7 heteroatoms. The summed E-state index contributed by atoms with van der Waals surface area (Å²) in [6.07, 6.45) is 1.89. The van der Waals surface area contributed by atoms with Crippen LogP contribution in [0.1, 0.15) is 26.2 Å². The first-order chi connectivity index (χ1) is 7.25. The van der Waals surface area contributed by atoms with E-state index in [1.54, 1.807) is 0 Å². The number of carbonyl (C=O) groups is 1. The zero-order valence-corrected chi connectivity index (χ0v) is 10.4. The molecule has 1 saturated carbocycles. The van der Waals surface area contributed by atoms with Gasteiger partial charge in [0, 0.05) is 20.1 Å². The summed E-state index contributed by atoms with van der Waals surface area (Å²) in [5.74, 6) is -1.00. The number of carboxylic acids is 1. The molecule has 0 radical (unpaired) electrons. The van der Waals surface area contributed by atoms with Gasteiger partial charge in [0.25, 0.3) is 10.2 Å². The molecule has 94 valence electrons. The second-order valence-corrected chi connectivity index (χ2v) is 6.46. The van der Waals surface area contributed by atoms with Crippen LogP contribution in [0.3, 0.4) is 0 Å². The van der Waals surface area contributed by atoms with Crippen molar-refractivity contribution in [2.75, 3.05) is 20.1 Å². The van der Waals surface area contributed by atoms with Crippen molar-refractivity contribution >= 4 is 16.2 Å². The van der Waals surface area contributed by atoms with E-state index in [0.29, 0.717) is 6.54 Å². The largest absolute Gasteiger partial charge is 0.481 e. The van der Waals surface area contributed by atoms with Crippen LogP contribution in [0.5, 0.6) is 0 Å². The average molecular weight is 250 g/mol. The van der Waals surface area contributed by atoms with E-state index in [9.17, 15) is 13.2 Å². The van der Waals surface area contributed by atoms with Gasteiger partial charge in [-0.05, 0) is 18.3 Å². The first kappa shape index (κ1) is 13.4. The molecule has 1 aliphatic rings. The van der Waals surface area contributed by atoms with Crippen LogP contribution in [-0.2, 0) is 15.0 Å². The van der Waals surface area contributed by atoms with Crippen LogP contribution >= 0.6 is 0 Å². The van der Waals surface area contributed by atoms with E-state index in [1.165, 1.54) is 7.05 Å². The SMILES string of the molecule is CN(CCC(=O)O)S(=O)(=O)NCC1(C)CC1. The predicted octanol–water partition coefficient (Wildman–Crippen LogP) is 0.0274. The Morgan fingerprint density at radius 3 is 2.50 bits per heavy atom. The van der Waals surface area contributed by atoms with Crippen molar-refractivity contribution in [1.29, 1.82) is 0 Å². The molecule has 0 heterocycles. The Bertz CT molecular complexity index is 362. The van der Waals surface area contributed by atoms with Crippen molar-refractivity contribution < 1.29 is 18.3 Å². The molecule has 0 spiro atoms. The Balaban J connectivity index is 2.39. The third-order valence-electron chi connectivity index (χ3n) is 2.84. The summed E-state index contributed by atoms with van der Waals surface area (Å²) in [5.41, 5.74) is 0.0979. The first-order valence-corrected chi connectivity index (χ1v) is 6.62. The minimum Gasteiger partial charge on any atom is -0.481 e. The van der Waals surface area contributed by atoms with Gasteiger partial charge in [-0.25, -0.2) is 4.72 Å². The molecule has 0 atom stereocenters. The first-order valence-electron chi connectivity index (χ1n) is 5.18. The standard InChI is InChI=1S/C9H18N2O4S/c1-9(4-5-9)7-10-16(14,15)11(2)6-3-8(12)13/h10H,3-7H2,1-2H3,(H,12,13). The van der Waals surface area contributed by atoms with Crippen LogP contribution < -0.4 is 4.72 Å². The summed E-state index contributed by atoms with van der Waals surface area (Å²) >= 11 is 0. The van der Waals surface area contributed by atoms with Crippen molar-refractivity contribution in [2.24, 2.45) is 5.41 Å². The highest BCUT2D eigenvalue weighted by Crippen LogP contribution is 2.44. The molecule has 0 aliphatic heterocycles. The van der Waals surface area contributed by atoms with Gasteiger partial charge < -0.3 is 5.11 Å². The highest BCUT2D eigenvalue weighted by Gasteiger charge is 2.38. The van der Waals surface area contributed by atoms with Gasteiger partial charge in [-0.15, -0.1) is 0 Å². The van der Waals surface area contributed by atoms with Gasteiger partial charge in [0.05, 0.1) is 6.42 Å². The summed E-state index contributed by atoms with van der Waals surface area (Å²) < 4.78 is 26.8. The maximum Gasteiger partial charge on any atom is 0.304 e. The van der Waals surface area contributed by atoms with Gasteiger partial charge in [0.15, 0.2) is 0 Å².